The van der Waals surface area contributed by atoms with Crippen LogP contribution in [0.1, 0.15) is 18.4 Å². The standard InChI is InChI=1S/C12H16ClNO3S/c13-11-5-3-10(4-6-11)9-18(15,16)14-8-12-2-1-7-17-12/h3-6,12,14H,1-2,7-9H2/t12-/m0/s1. The van der Waals surface area contributed by atoms with Crippen LogP contribution in [0.25, 0.3) is 0 Å². The van der Waals surface area contributed by atoms with Crippen molar-refractivity contribution in [3.63, 3.8) is 0 Å². The van der Waals surface area contributed by atoms with Gasteiger partial charge in [0.25, 0.3) is 0 Å². The molecule has 4 nitrogen and oxygen atoms in total. The molecule has 0 amide bonds. The van der Waals surface area contributed by atoms with E-state index in [1.165, 1.54) is 0 Å². The summed E-state index contributed by atoms with van der Waals surface area (Å²) in [5.41, 5.74) is 0.722. The van der Waals surface area contributed by atoms with E-state index in [2.05, 4.69) is 4.72 Å². The normalized spacial score (nSPS) is 20.2. The summed E-state index contributed by atoms with van der Waals surface area (Å²) in [7, 11) is -3.31. The van der Waals surface area contributed by atoms with Gasteiger partial charge in [0.1, 0.15) is 0 Å². The van der Waals surface area contributed by atoms with Gasteiger partial charge in [0.15, 0.2) is 0 Å². The van der Waals surface area contributed by atoms with E-state index in [9.17, 15) is 8.42 Å². The lowest BCUT2D eigenvalue weighted by Crippen LogP contribution is -2.32. The van der Waals surface area contributed by atoms with Gasteiger partial charge in [-0.05, 0) is 30.5 Å². The van der Waals surface area contributed by atoms with Crippen molar-refractivity contribution in [3.8, 4) is 0 Å². The molecule has 1 aromatic rings. The van der Waals surface area contributed by atoms with Crippen molar-refractivity contribution in [2.75, 3.05) is 13.2 Å². The van der Waals surface area contributed by atoms with Crippen LogP contribution in [-0.2, 0) is 20.5 Å². The van der Waals surface area contributed by atoms with Crippen LogP contribution in [0.4, 0.5) is 0 Å². The summed E-state index contributed by atoms with van der Waals surface area (Å²) in [6.45, 7) is 1.08. The molecule has 0 saturated carbocycles. The van der Waals surface area contributed by atoms with Gasteiger partial charge in [0.05, 0.1) is 11.9 Å². The molecule has 1 aliphatic rings. The number of sulfonamides is 1. The molecule has 18 heavy (non-hydrogen) atoms. The first kappa shape index (κ1) is 13.8. The van der Waals surface area contributed by atoms with Gasteiger partial charge in [-0.1, -0.05) is 23.7 Å². The fraction of sp³-hybridized carbons (Fsp3) is 0.500. The van der Waals surface area contributed by atoms with Gasteiger partial charge in [0, 0.05) is 18.2 Å². The Morgan fingerprint density at radius 2 is 2.06 bits per heavy atom. The monoisotopic (exact) mass is 289 g/mol. The van der Waals surface area contributed by atoms with E-state index in [1.54, 1.807) is 24.3 Å². The van der Waals surface area contributed by atoms with Crippen molar-refractivity contribution in [3.05, 3.63) is 34.9 Å². The Hall–Kier alpha value is -0.620. The third-order valence-electron chi connectivity index (χ3n) is 2.82. The Bertz CT molecular complexity index is 481. The highest BCUT2D eigenvalue weighted by Crippen LogP contribution is 2.13. The Labute approximate surface area is 112 Å². The third kappa shape index (κ3) is 4.24. The number of hydrogen-bond acceptors (Lipinski definition) is 3. The van der Waals surface area contributed by atoms with Gasteiger partial charge in [-0.15, -0.1) is 0 Å². The molecule has 1 N–H and O–H groups in total. The second-order valence-corrected chi connectivity index (χ2v) is 6.61. The lowest BCUT2D eigenvalue weighted by molar-refractivity contribution is 0.114. The van der Waals surface area contributed by atoms with Crippen LogP contribution in [0.15, 0.2) is 24.3 Å². The fourth-order valence-electron chi connectivity index (χ4n) is 1.88. The zero-order valence-electron chi connectivity index (χ0n) is 9.93. The minimum Gasteiger partial charge on any atom is -0.377 e. The zero-order valence-corrected chi connectivity index (χ0v) is 11.5. The highest BCUT2D eigenvalue weighted by Gasteiger charge is 2.19. The highest BCUT2D eigenvalue weighted by atomic mass is 35.5. The van der Waals surface area contributed by atoms with E-state index in [0.29, 0.717) is 11.6 Å². The van der Waals surface area contributed by atoms with Gasteiger partial charge >= 0.3 is 0 Å². The topological polar surface area (TPSA) is 55.4 Å². The molecule has 0 bridgehead atoms. The van der Waals surface area contributed by atoms with E-state index in [4.69, 9.17) is 16.3 Å². The number of hydrogen-bond donors (Lipinski definition) is 1. The molecule has 100 valence electrons. The smallest absolute Gasteiger partial charge is 0.215 e. The molecule has 1 fully saturated rings. The maximum absolute atomic E-state index is 11.8. The van der Waals surface area contributed by atoms with Gasteiger partial charge in [0.2, 0.25) is 10.0 Å². The van der Waals surface area contributed by atoms with Crippen molar-refractivity contribution in [1.29, 1.82) is 0 Å². The summed E-state index contributed by atoms with van der Waals surface area (Å²) in [5.74, 6) is -0.0309. The molecule has 0 aromatic heterocycles. The Morgan fingerprint density at radius 1 is 1.33 bits per heavy atom. The quantitative estimate of drug-likeness (QED) is 0.901. The molecule has 1 aromatic carbocycles. The second kappa shape index (κ2) is 6.02. The lowest BCUT2D eigenvalue weighted by Gasteiger charge is -2.11. The number of ether oxygens (including phenoxy) is 1. The summed E-state index contributed by atoms with van der Waals surface area (Å²) in [4.78, 5) is 0. The third-order valence-corrected chi connectivity index (χ3v) is 4.40. The summed E-state index contributed by atoms with van der Waals surface area (Å²) >= 11 is 5.75. The first-order valence-electron chi connectivity index (χ1n) is 5.88. The fourth-order valence-corrected chi connectivity index (χ4v) is 3.18. The molecule has 1 aliphatic heterocycles. The molecule has 6 heteroatoms. The largest absolute Gasteiger partial charge is 0.377 e. The van der Waals surface area contributed by atoms with Crippen molar-refractivity contribution in [1.82, 2.24) is 4.72 Å². The van der Waals surface area contributed by atoms with Gasteiger partial charge in [-0.25, -0.2) is 13.1 Å². The number of benzene rings is 1. The van der Waals surface area contributed by atoms with Crippen molar-refractivity contribution < 1.29 is 13.2 Å². The molecular weight excluding hydrogens is 274 g/mol. The molecular formula is C12H16ClNO3S. The molecule has 1 heterocycles. The van der Waals surface area contributed by atoms with Crippen molar-refractivity contribution in [2.24, 2.45) is 0 Å². The van der Waals surface area contributed by atoms with Gasteiger partial charge in [-0.2, -0.15) is 0 Å². The number of nitrogens with one attached hydrogen (secondary N) is 1. The first-order valence-corrected chi connectivity index (χ1v) is 7.91. The van der Waals surface area contributed by atoms with Crippen LogP contribution in [0.3, 0.4) is 0 Å². The molecule has 1 saturated heterocycles. The predicted octanol–water partition coefficient (Wildman–Crippen LogP) is 1.94. The SMILES string of the molecule is O=S(=O)(Cc1ccc(Cl)cc1)NC[C@@H]1CCCO1. The lowest BCUT2D eigenvalue weighted by atomic mass is 10.2. The molecule has 0 radical (unpaired) electrons. The summed E-state index contributed by atoms with van der Waals surface area (Å²) in [6, 6.07) is 6.81. The molecule has 0 aliphatic carbocycles. The van der Waals surface area contributed by atoms with Crippen LogP contribution in [0, 0.1) is 0 Å². The Balaban J connectivity index is 1.88. The minimum atomic E-state index is -3.31. The second-order valence-electron chi connectivity index (χ2n) is 4.37. The average molecular weight is 290 g/mol. The summed E-state index contributed by atoms with van der Waals surface area (Å²) < 4.78 is 31.6. The van der Waals surface area contributed by atoms with Crippen molar-refractivity contribution >= 4 is 21.6 Å². The summed E-state index contributed by atoms with van der Waals surface area (Å²) in [5, 5.41) is 0.600. The van der Waals surface area contributed by atoms with Gasteiger partial charge in [-0.3, -0.25) is 0 Å². The molecule has 0 unspecified atom stereocenters. The van der Waals surface area contributed by atoms with Crippen LogP contribution in [0.5, 0.6) is 0 Å². The average Bonchev–Trinajstić information content (AvgIpc) is 2.83. The van der Waals surface area contributed by atoms with Crippen molar-refractivity contribution in [2.45, 2.75) is 24.7 Å². The number of rotatable bonds is 5. The Kier molecular flexibility index (Phi) is 4.61. The predicted molar refractivity (Wildman–Crippen MR) is 71.1 cm³/mol. The van der Waals surface area contributed by atoms with Gasteiger partial charge < -0.3 is 4.74 Å². The number of halogens is 1. The van der Waals surface area contributed by atoms with Crippen LogP contribution in [0.2, 0.25) is 5.02 Å². The van der Waals surface area contributed by atoms with E-state index < -0.39 is 10.0 Å². The van der Waals surface area contributed by atoms with E-state index in [0.717, 1.165) is 25.0 Å². The van der Waals surface area contributed by atoms with Crippen LogP contribution >= 0.6 is 11.6 Å². The van der Waals surface area contributed by atoms with E-state index in [-0.39, 0.29) is 11.9 Å². The van der Waals surface area contributed by atoms with E-state index >= 15 is 0 Å². The maximum atomic E-state index is 11.8. The molecule has 0 spiro atoms. The molecule has 2 rings (SSSR count). The first-order chi connectivity index (χ1) is 8.55. The van der Waals surface area contributed by atoms with Crippen LogP contribution in [-0.4, -0.2) is 27.7 Å². The molecule has 1 atom stereocenters. The maximum Gasteiger partial charge on any atom is 0.215 e. The van der Waals surface area contributed by atoms with E-state index in [1.807, 2.05) is 0 Å². The zero-order chi connectivity index (χ0) is 13.0. The minimum absolute atomic E-state index is 0.0185. The summed E-state index contributed by atoms with van der Waals surface area (Å²) in [6.07, 6.45) is 1.94. The Morgan fingerprint density at radius 3 is 2.67 bits per heavy atom. The van der Waals surface area contributed by atoms with Crippen LogP contribution < -0.4 is 4.72 Å². The highest BCUT2D eigenvalue weighted by molar-refractivity contribution is 7.88.